The maximum absolute atomic E-state index is 14.4. The quantitative estimate of drug-likeness (QED) is 0.639. The molecule has 1 aliphatic rings. The molecule has 0 aliphatic carbocycles. The van der Waals surface area contributed by atoms with Crippen molar-refractivity contribution in [1.29, 1.82) is 0 Å². The summed E-state index contributed by atoms with van der Waals surface area (Å²) in [6.45, 7) is 10.3. The Labute approximate surface area is 180 Å². The third-order valence-electron chi connectivity index (χ3n) is 5.33. The number of nitrogens with one attached hydrogen (secondary N) is 1. The second-order valence-corrected chi connectivity index (χ2v) is 8.58. The van der Waals surface area contributed by atoms with Gasteiger partial charge in [-0.2, -0.15) is 0 Å². The van der Waals surface area contributed by atoms with Crippen LogP contribution < -0.4 is 15.8 Å². The molecule has 0 radical (unpaired) electrons. The van der Waals surface area contributed by atoms with Crippen LogP contribution in [0.15, 0.2) is 33.9 Å². The van der Waals surface area contributed by atoms with E-state index in [2.05, 4.69) is 31.1 Å². The molecule has 0 saturated heterocycles. The second-order valence-electron chi connectivity index (χ2n) is 7.52. The number of carbonyl (C=O) groups is 1. The fourth-order valence-electron chi connectivity index (χ4n) is 2.95. The number of hydrogen-bond donors (Lipinski definition) is 2. The number of halogens is 2. The van der Waals surface area contributed by atoms with Gasteiger partial charge >= 0.3 is 0 Å². The number of carbonyl (C=O) groups excluding carboxylic acids is 1. The summed E-state index contributed by atoms with van der Waals surface area (Å²) in [5.41, 5.74) is 4.43. The molecule has 0 fully saturated rings. The van der Waals surface area contributed by atoms with Gasteiger partial charge in [0.25, 0.3) is 5.91 Å². The van der Waals surface area contributed by atoms with Crippen LogP contribution in [0.1, 0.15) is 45.0 Å². The van der Waals surface area contributed by atoms with Crippen LogP contribution in [-0.2, 0) is 0 Å². The Bertz CT molecular complexity index is 915. The molecule has 1 unspecified atom stereocenters. The van der Waals surface area contributed by atoms with E-state index in [1.165, 1.54) is 11.8 Å². The summed E-state index contributed by atoms with van der Waals surface area (Å²) in [5.74, 6) is -2.95. The number of nitrogens with zero attached hydrogens (tertiary/aromatic N) is 2. The summed E-state index contributed by atoms with van der Waals surface area (Å²) >= 11 is 1.33. The standard InChI is InChI=1S/C21H28F2N4O2S/c1-7-14-20(27-21(5,25-6)12(4)11(2)3)30-16(26-14)10-29-15-9-8-13(22)17(18(15)23)19(24)28/h7-9,11-12,25H,10H2,1-6H3,(H2,24,28)/b14-7+,27-20?/t12-,21?/m1/s1. The minimum atomic E-state index is -1.20. The molecule has 3 N–H and O–H groups in total. The highest BCUT2D eigenvalue weighted by atomic mass is 32.2. The first kappa shape index (κ1) is 24.0. The molecule has 1 amide bonds. The predicted octanol–water partition coefficient (Wildman–Crippen LogP) is 4.12. The monoisotopic (exact) mass is 438 g/mol. The van der Waals surface area contributed by atoms with Gasteiger partial charge in [-0.25, -0.2) is 13.8 Å². The first-order chi connectivity index (χ1) is 14.0. The first-order valence-corrected chi connectivity index (χ1v) is 10.5. The van der Waals surface area contributed by atoms with Gasteiger partial charge in [-0.3, -0.25) is 15.1 Å². The molecule has 0 saturated carbocycles. The van der Waals surface area contributed by atoms with E-state index >= 15 is 0 Å². The second kappa shape index (κ2) is 9.70. The van der Waals surface area contributed by atoms with E-state index in [-0.39, 0.29) is 18.3 Å². The average Bonchev–Trinajstić information content (AvgIpc) is 3.07. The highest BCUT2D eigenvalue weighted by Crippen LogP contribution is 2.32. The van der Waals surface area contributed by atoms with Gasteiger partial charge in [0.2, 0.25) is 0 Å². The minimum Gasteiger partial charge on any atom is -0.484 e. The Hall–Kier alpha value is -2.26. The largest absolute Gasteiger partial charge is 0.484 e. The maximum atomic E-state index is 14.4. The van der Waals surface area contributed by atoms with Crippen molar-refractivity contribution in [3.63, 3.8) is 0 Å². The Morgan fingerprint density at radius 2 is 2.07 bits per heavy atom. The molecule has 164 valence electrons. The zero-order valence-electron chi connectivity index (χ0n) is 18.0. The number of rotatable bonds is 8. The topological polar surface area (TPSA) is 89.1 Å². The van der Waals surface area contributed by atoms with Crippen LogP contribution in [0.25, 0.3) is 0 Å². The maximum Gasteiger partial charge on any atom is 0.254 e. The van der Waals surface area contributed by atoms with Crippen LogP contribution in [0.3, 0.4) is 0 Å². The van der Waals surface area contributed by atoms with Crippen LogP contribution in [0.4, 0.5) is 8.78 Å². The third kappa shape index (κ3) is 5.07. The van der Waals surface area contributed by atoms with Crippen molar-refractivity contribution in [3.05, 3.63) is 41.1 Å². The average molecular weight is 439 g/mol. The zero-order chi connectivity index (χ0) is 22.6. The Balaban J connectivity index is 2.21. The lowest BCUT2D eigenvalue weighted by Gasteiger charge is -2.34. The summed E-state index contributed by atoms with van der Waals surface area (Å²) in [6, 6.07) is 2.06. The van der Waals surface area contributed by atoms with Crippen LogP contribution in [-0.4, -0.2) is 35.3 Å². The molecular formula is C21H28F2N4O2S. The van der Waals surface area contributed by atoms with Gasteiger partial charge in [-0.05, 0) is 56.6 Å². The van der Waals surface area contributed by atoms with Crippen molar-refractivity contribution >= 4 is 27.8 Å². The number of ether oxygens (including phenoxy) is 1. The van der Waals surface area contributed by atoms with E-state index in [9.17, 15) is 13.6 Å². The van der Waals surface area contributed by atoms with Crippen LogP contribution in [0, 0.1) is 23.5 Å². The van der Waals surface area contributed by atoms with Crippen molar-refractivity contribution in [2.45, 2.75) is 40.3 Å². The van der Waals surface area contributed by atoms with Crippen LogP contribution in [0.5, 0.6) is 5.75 Å². The van der Waals surface area contributed by atoms with E-state index in [1.807, 2.05) is 27.0 Å². The molecule has 2 atom stereocenters. The smallest absolute Gasteiger partial charge is 0.254 e. The first-order valence-electron chi connectivity index (χ1n) is 9.65. The lowest BCUT2D eigenvalue weighted by molar-refractivity contribution is 0.0991. The van der Waals surface area contributed by atoms with E-state index in [0.29, 0.717) is 16.7 Å². The van der Waals surface area contributed by atoms with Crippen LogP contribution in [0.2, 0.25) is 0 Å². The van der Waals surface area contributed by atoms with E-state index < -0.39 is 28.8 Å². The molecule has 0 spiro atoms. The van der Waals surface area contributed by atoms with E-state index in [1.54, 1.807) is 0 Å². The molecule has 9 heteroatoms. The molecule has 1 aromatic carbocycles. The lowest BCUT2D eigenvalue weighted by atomic mass is 9.86. The highest BCUT2D eigenvalue weighted by molar-refractivity contribution is 8.27. The molecule has 1 heterocycles. The zero-order valence-corrected chi connectivity index (χ0v) is 18.9. The molecular weight excluding hydrogens is 410 g/mol. The highest BCUT2D eigenvalue weighted by Gasteiger charge is 2.33. The number of thioether (sulfide) groups is 1. The van der Waals surface area contributed by atoms with Crippen molar-refractivity contribution in [3.8, 4) is 5.75 Å². The van der Waals surface area contributed by atoms with Gasteiger partial charge in [-0.1, -0.05) is 26.8 Å². The van der Waals surface area contributed by atoms with Crippen molar-refractivity contribution < 1.29 is 18.3 Å². The predicted molar refractivity (Wildman–Crippen MR) is 118 cm³/mol. The number of allylic oxidation sites excluding steroid dienone is 1. The fraction of sp³-hybridized carbons (Fsp3) is 0.476. The third-order valence-corrected chi connectivity index (χ3v) is 6.27. The normalized spacial score (nSPS) is 19.8. The van der Waals surface area contributed by atoms with Gasteiger partial charge in [0.05, 0.1) is 5.70 Å². The SMILES string of the molecule is C/C=C1/N=C(COc2ccc(F)c(C(N)=O)c2F)SC1=NC(C)(NC)[C@H](C)C(C)C. The van der Waals surface area contributed by atoms with Crippen molar-refractivity contribution in [2.75, 3.05) is 13.7 Å². The molecule has 0 aromatic heterocycles. The fourth-order valence-corrected chi connectivity index (χ4v) is 3.94. The number of nitrogens with two attached hydrogens (primary N) is 1. The Kier molecular flexibility index (Phi) is 7.76. The number of amides is 1. The summed E-state index contributed by atoms with van der Waals surface area (Å²) in [4.78, 5) is 20.7. The van der Waals surface area contributed by atoms with Crippen LogP contribution >= 0.6 is 11.8 Å². The minimum absolute atomic E-state index is 0.0578. The van der Waals surface area contributed by atoms with Gasteiger partial charge in [0.1, 0.15) is 33.7 Å². The number of aliphatic imine (C=N–C) groups is 2. The van der Waals surface area contributed by atoms with Gasteiger partial charge in [0, 0.05) is 0 Å². The molecule has 6 nitrogen and oxygen atoms in total. The Morgan fingerprint density at radius 1 is 1.40 bits per heavy atom. The molecule has 1 aliphatic heterocycles. The van der Waals surface area contributed by atoms with Gasteiger partial charge < -0.3 is 10.5 Å². The number of hydrogen-bond acceptors (Lipinski definition) is 6. The lowest BCUT2D eigenvalue weighted by Crippen LogP contribution is -2.46. The van der Waals surface area contributed by atoms with Gasteiger partial charge in [-0.15, -0.1) is 0 Å². The summed E-state index contributed by atoms with van der Waals surface area (Å²) in [6.07, 6.45) is 1.85. The number of primary amides is 1. The summed E-state index contributed by atoms with van der Waals surface area (Å²) < 4.78 is 33.4. The molecule has 0 bridgehead atoms. The van der Waals surface area contributed by atoms with E-state index in [0.717, 1.165) is 17.2 Å². The molecule has 2 rings (SSSR count). The van der Waals surface area contributed by atoms with Crippen molar-refractivity contribution in [1.82, 2.24) is 5.32 Å². The number of benzene rings is 1. The van der Waals surface area contributed by atoms with E-state index in [4.69, 9.17) is 15.5 Å². The van der Waals surface area contributed by atoms with Crippen molar-refractivity contribution in [2.24, 2.45) is 27.6 Å². The summed E-state index contributed by atoms with van der Waals surface area (Å²) in [7, 11) is 1.87. The Morgan fingerprint density at radius 3 is 2.60 bits per heavy atom. The van der Waals surface area contributed by atoms with Gasteiger partial charge in [0.15, 0.2) is 11.6 Å². The summed E-state index contributed by atoms with van der Waals surface area (Å²) in [5, 5.41) is 4.60. The molecule has 1 aromatic rings. The molecule has 30 heavy (non-hydrogen) atoms.